The highest BCUT2D eigenvalue weighted by Crippen LogP contribution is 2.22. The lowest BCUT2D eigenvalue weighted by Crippen LogP contribution is -2.22. The van der Waals surface area contributed by atoms with E-state index in [1.54, 1.807) is 11.6 Å². The van der Waals surface area contributed by atoms with Crippen molar-refractivity contribution in [2.75, 3.05) is 17.7 Å². The third-order valence-electron chi connectivity index (χ3n) is 3.81. The Hall–Kier alpha value is -3.75. The van der Waals surface area contributed by atoms with Crippen LogP contribution in [-0.2, 0) is 9.53 Å². The molecule has 3 aromatic rings. The van der Waals surface area contributed by atoms with Crippen molar-refractivity contribution in [3.63, 3.8) is 0 Å². The van der Waals surface area contributed by atoms with Crippen LogP contribution in [-0.4, -0.2) is 38.2 Å². The molecule has 0 spiro atoms. The van der Waals surface area contributed by atoms with Gasteiger partial charge in [-0.05, 0) is 26.0 Å². The van der Waals surface area contributed by atoms with E-state index >= 15 is 0 Å². The fourth-order valence-corrected chi connectivity index (χ4v) is 2.53. The van der Waals surface area contributed by atoms with Gasteiger partial charge in [0.15, 0.2) is 18.1 Å². The maximum absolute atomic E-state index is 12.2. The van der Waals surface area contributed by atoms with Gasteiger partial charge in [-0.3, -0.25) is 4.79 Å². The molecule has 3 N–H and O–H groups in total. The lowest BCUT2D eigenvalue weighted by Gasteiger charge is -2.08. The molecule has 9 nitrogen and oxygen atoms in total. The first-order valence-corrected chi connectivity index (χ1v) is 8.12. The van der Waals surface area contributed by atoms with Crippen LogP contribution < -0.4 is 11.1 Å². The predicted molar refractivity (Wildman–Crippen MR) is 98.4 cm³/mol. The van der Waals surface area contributed by atoms with E-state index in [9.17, 15) is 9.59 Å². The van der Waals surface area contributed by atoms with Crippen molar-refractivity contribution >= 4 is 23.4 Å². The number of hydrogen-bond donors (Lipinski definition) is 2. The third kappa shape index (κ3) is 3.92. The summed E-state index contributed by atoms with van der Waals surface area (Å²) in [6, 6.07) is 9.55. The molecule has 3 rings (SSSR count). The standard InChI is InChI=1S/C18H18N6O3/c1-11-15(12(2)24(23-11)13-6-4-3-5-7-13)22-14(25)10-27-18(26)16-17(19)21-9-8-20-16/h3-9H,10H2,1-2H3,(H2,19,21)(H,22,25). The molecule has 0 fully saturated rings. The van der Waals surface area contributed by atoms with Crippen LogP contribution in [0.2, 0.25) is 0 Å². The molecule has 0 aliphatic heterocycles. The summed E-state index contributed by atoms with van der Waals surface area (Å²) in [7, 11) is 0. The predicted octanol–water partition coefficient (Wildman–Crippen LogP) is 1.66. The number of nitrogens with one attached hydrogen (secondary N) is 1. The van der Waals surface area contributed by atoms with Crippen molar-refractivity contribution in [3.05, 3.63) is 59.8 Å². The zero-order chi connectivity index (χ0) is 19.4. The number of aromatic nitrogens is 4. The maximum Gasteiger partial charge on any atom is 0.361 e. The highest BCUT2D eigenvalue weighted by molar-refractivity contribution is 5.96. The second-order valence-corrected chi connectivity index (χ2v) is 5.71. The number of aryl methyl sites for hydroxylation is 1. The number of esters is 1. The quantitative estimate of drug-likeness (QED) is 0.658. The van der Waals surface area contributed by atoms with Gasteiger partial charge >= 0.3 is 5.97 Å². The Morgan fingerprint density at radius 1 is 1.15 bits per heavy atom. The molecule has 0 bridgehead atoms. The molecule has 0 saturated heterocycles. The largest absolute Gasteiger partial charge is 0.451 e. The van der Waals surface area contributed by atoms with Gasteiger partial charge in [0.1, 0.15) is 0 Å². The van der Waals surface area contributed by atoms with E-state index in [1.165, 1.54) is 12.4 Å². The Morgan fingerprint density at radius 2 is 1.85 bits per heavy atom. The summed E-state index contributed by atoms with van der Waals surface area (Å²) in [4.78, 5) is 31.7. The van der Waals surface area contributed by atoms with Crippen LogP contribution in [0.1, 0.15) is 21.9 Å². The van der Waals surface area contributed by atoms with Gasteiger partial charge in [0, 0.05) is 12.4 Å². The Kier molecular flexibility index (Phi) is 5.11. The van der Waals surface area contributed by atoms with Gasteiger partial charge in [-0.25, -0.2) is 19.4 Å². The number of rotatable bonds is 5. The van der Waals surface area contributed by atoms with E-state index in [-0.39, 0.29) is 11.5 Å². The number of nitrogens with zero attached hydrogens (tertiary/aromatic N) is 4. The third-order valence-corrected chi connectivity index (χ3v) is 3.81. The molecule has 0 atom stereocenters. The summed E-state index contributed by atoms with van der Waals surface area (Å²) >= 11 is 0. The van der Waals surface area contributed by atoms with Gasteiger partial charge in [-0.1, -0.05) is 18.2 Å². The number of nitrogens with two attached hydrogens (primary N) is 1. The number of nitrogen functional groups attached to an aromatic ring is 1. The smallest absolute Gasteiger partial charge is 0.361 e. The second-order valence-electron chi connectivity index (χ2n) is 5.71. The molecule has 27 heavy (non-hydrogen) atoms. The highest BCUT2D eigenvalue weighted by atomic mass is 16.5. The second kappa shape index (κ2) is 7.65. The average Bonchev–Trinajstić information content (AvgIpc) is 2.95. The number of ether oxygens (including phenoxy) is 1. The number of carbonyl (C=O) groups excluding carboxylic acids is 2. The van der Waals surface area contributed by atoms with Crippen molar-refractivity contribution in [2.24, 2.45) is 0 Å². The zero-order valence-electron chi connectivity index (χ0n) is 14.8. The van der Waals surface area contributed by atoms with Crippen molar-refractivity contribution in [2.45, 2.75) is 13.8 Å². The minimum absolute atomic E-state index is 0.0567. The minimum atomic E-state index is -0.816. The molecule has 0 unspecified atom stereocenters. The molecule has 0 radical (unpaired) electrons. The van der Waals surface area contributed by atoms with E-state index in [0.29, 0.717) is 11.4 Å². The Labute approximate surface area is 155 Å². The molecule has 1 aromatic carbocycles. The van der Waals surface area contributed by atoms with Gasteiger partial charge in [-0.15, -0.1) is 0 Å². The molecular formula is C18H18N6O3. The molecule has 2 aromatic heterocycles. The number of hydrogen-bond acceptors (Lipinski definition) is 7. The fraction of sp³-hybridized carbons (Fsp3) is 0.167. The number of para-hydroxylation sites is 1. The van der Waals surface area contributed by atoms with E-state index in [2.05, 4.69) is 20.4 Å². The van der Waals surface area contributed by atoms with Gasteiger partial charge in [0.25, 0.3) is 5.91 Å². The van der Waals surface area contributed by atoms with Gasteiger partial charge in [0.05, 0.1) is 22.8 Å². The first-order valence-electron chi connectivity index (χ1n) is 8.12. The van der Waals surface area contributed by atoms with Gasteiger partial charge in [-0.2, -0.15) is 5.10 Å². The van der Waals surface area contributed by atoms with Crippen molar-refractivity contribution in [1.29, 1.82) is 0 Å². The zero-order valence-corrected chi connectivity index (χ0v) is 14.8. The van der Waals surface area contributed by atoms with E-state index < -0.39 is 18.5 Å². The summed E-state index contributed by atoms with van der Waals surface area (Å²) in [6.45, 7) is 3.15. The highest BCUT2D eigenvalue weighted by Gasteiger charge is 2.18. The van der Waals surface area contributed by atoms with Crippen LogP contribution in [0.5, 0.6) is 0 Å². The summed E-state index contributed by atoms with van der Waals surface area (Å²) in [5.74, 6) is -1.37. The van der Waals surface area contributed by atoms with Crippen molar-refractivity contribution < 1.29 is 14.3 Å². The minimum Gasteiger partial charge on any atom is -0.451 e. The normalized spacial score (nSPS) is 10.4. The number of anilines is 2. The molecule has 0 aliphatic rings. The van der Waals surface area contributed by atoms with Crippen molar-refractivity contribution in [1.82, 2.24) is 19.7 Å². The average molecular weight is 366 g/mol. The van der Waals surface area contributed by atoms with Crippen LogP contribution in [0.4, 0.5) is 11.5 Å². The van der Waals surface area contributed by atoms with Gasteiger partial charge in [0.2, 0.25) is 0 Å². The Morgan fingerprint density at radius 3 is 2.56 bits per heavy atom. The van der Waals surface area contributed by atoms with E-state index in [1.807, 2.05) is 37.3 Å². The first-order chi connectivity index (χ1) is 13.0. The Bertz CT molecular complexity index is 984. The van der Waals surface area contributed by atoms with Crippen LogP contribution in [0.15, 0.2) is 42.7 Å². The van der Waals surface area contributed by atoms with E-state index in [0.717, 1.165) is 11.4 Å². The SMILES string of the molecule is Cc1nn(-c2ccccc2)c(C)c1NC(=O)COC(=O)c1nccnc1N. The fourth-order valence-electron chi connectivity index (χ4n) is 2.53. The summed E-state index contributed by atoms with van der Waals surface area (Å²) in [5, 5.41) is 7.17. The summed E-state index contributed by atoms with van der Waals surface area (Å²) in [5.41, 5.74) is 8.29. The summed E-state index contributed by atoms with van der Waals surface area (Å²) in [6.07, 6.45) is 2.67. The molecule has 0 saturated carbocycles. The van der Waals surface area contributed by atoms with Crippen molar-refractivity contribution in [3.8, 4) is 5.69 Å². The molecule has 2 heterocycles. The topological polar surface area (TPSA) is 125 Å². The number of carbonyl (C=O) groups is 2. The molecule has 138 valence electrons. The lowest BCUT2D eigenvalue weighted by atomic mass is 10.3. The maximum atomic E-state index is 12.2. The van der Waals surface area contributed by atoms with Crippen LogP contribution in [0.25, 0.3) is 5.69 Å². The summed E-state index contributed by atoms with van der Waals surface area (Å²) < 4.78 is 6.69. The van der Waals surface area contributed by atoms with Crippen LogP contribution in [0, 0.1) is 13.8 Å². The number of amides is 1. The molecular weight excluding hydrogens is 348 g/mol. The monoisotopic (exact) mass is 366 g/mol. The van der Waals surface area contributed by atoms with Gasteiger partial charge < -0.3 is 15.8 Å². The Balaban J connectivity index is 1.67. The molecule has 1 amide bonds. The van der Waals surface area contributed by atoms with E-state index in [4.69, 9.17) is 10.5 Å². The van der Waals surface area contributed by atoms with Crippen LogP contribution >= 0.6 is 0 Å². The molecule has 0 aliphatic carbocycles. The lowest BCUT2D eigenvalue weighted by molar-refractivity contribution is -0.119. The van der Waals surface area contributed by atoms with Crippen LogP contribution in [0.3, 0.4) is 0 Å². The molecule has 9 heteroatoms. The number of benzene rings is 1. The first kappa shape index (κ1) is 18.1.